The Morgan fingerprint density at radius 3 is 2.50 bits per heavy atom. The number of rotatable bonds is 6. The third kappa shape index (κ3) is 4.46. The van der Waals surface area contributed by atoms with Crippen LogP contribution in [0.5, 0.6) is 0 Å². The number of sulfonamides is 1. The molecule has 0 spiro atoms. The van der Waals surface area contributed by atoms with Gasteiger partial charge in [-0.2, -0.15) is 4.99 Å². The topological polar surface area (TPSA) is 94.5 Å². The van der Waals surface area contributed by atoms with E-state index in [0.717, 1.165) is 17.5 Å². The number of nitrogens with zero attached hydrogens (tertiary/aromatic N) is 2. The highest BCUT2D eigenvalue weighted by Gasteiger charge is 2.13. The van der Waals surface area contributed by atoms with Gasteiger partial charge in [0.25, 0.3) is 5.91 Å². The minimum absolute atomic E-state index is 0.0286. The van der Waals surface area contributed by atoms with Crippen molar-refractivity contribution in [3.05, 3.63) is 71.0 Å². The number of benzene rings is 2. The minimum atomic E-state index is -3.80. The fraction of sp³-hybridized carbons (Fsp3) is 0.200. The molecule has 0 aliphatic heterocycles. The Hall–Kier alpha value is -2.55. The summed E-state index contributed by atoms with van der Waals surface area (Å²) >= 11 is 1.25. The number of carbonyl (C=O) groups is 1. The highest BCUT2D eigenvalue weighted by atomic mass is 32.2. The van der Waals surface area contributed by atoms with Gasteiger partial charge in [0, 0.05) is 6.54 Å². The van der Waals surface area contributed by atoms with E-state index < -0.39 is 10.0 Å². The van der Waals surface area contributed by atoms with Gasteiger partial charge in [-0.3, -0.25) is 4.79 Å². The molecule has 0 radical (unpaired) electrons. The van der Waals surface area contributed by atoms with Gasteiger partial charge in [0.2, 0.25) is 10.0 Å². The first-order valence-corrected chi connectivity index (χ1v) is 11.1. The van der Waals surface area contributed by atoms with Crippen LogP contribution in [0.2, 0.25) is 0 Å². The van der Waals surface area contributed by atoms with Gasteiger partial charge in [0.1, 0.15) is 0 Å². The van der Waals surface area contributed by atoms with E-state index in [1.165, 1.54) is 29.0 Å². The first kappa shape index (κ1) is 20.2. The van der Waals surface area contributed by atoms with Gasteiger partial charge in [-0.1, -0.05) is 48.6 Å². The Kier molecular flexibility index (Phi) is 5.93. The van der Waals surface area contributed by atoms with E-state index in [1.807, 2.05) is 28.8 Å². The molecule has 0 aliphatic carbocycles. The highest BCUT2D eigenvalue weighted by Crippen LogP contribution is 2.21. The first-order chi connectivity index (χ1) is 13.3. The van der Waals surface area contributed by atoms with Crippen molar-refractivity contribution >= 4 is 37.5 Å². The first-order valence-electron chi connectivity index (χ1n) is 8.74. The summed E-state index contributed by atoms with van der Waals surface area (Å²) < 4.78 is 25.7. The van der Waals surface area contributed by atoms with Crippen molar-refractivity contribution in [2.45, 2.75) is 31.2 Å². The molecule has 3 aromatic rings. The Labute approximate surface area is 167 Å². The van der Waals surface area contributed by atoms with Gasteiger partial charge < -0.3 is 4.57 Å². The van der Waals surface area contributed by atoms with E-state index in [9.17, 15) is 13.2 Å². The van der Waals surface area contributed by atoms with Gasteiger partial charge in [-0.15, -0.1) is 6.58 Å². The van der Waals surface area contributed by atoms with E-state index in [2.05, 4.69) is 18.5 Å². The normalized spacial score (nSPS) is 12.4. The number of hydrogen-bond donors (Lipinski definition) is 1. The van der Waals surface area contributed by atoms with Crippen molar-refractivity contribution in [1.82, 2.24) is 4.57 Å². The predicted molar refractivity (Wildman–Crippen MR) is 111 cm³/mol. The lowest BCUT2D eigenvalue weighted by molar-refractivity contribution is -0.117. The average Bonchev–Trinajstić information content (AvgIpc) is 2.98. The molecule has 0 unspecified atom stereocenters. The van der Waals surface area contributed by atoms with Crippen LogP contribution in [0.3, 0.4) is 0 Å². The fourth-order valence-electron chi connectivity index (χ4n) is 2.84. The molecule has 0 bridgehead atoms. The number of hydrogen-bond acceptors (Lipinski definition) is 4. The van der Waals surface area contributed by atoms with Crippen LogP contribution in [0, 0.1) is 0 Å². The van der Waals surface area contributed by atoms with Crippen LogP contribution in [0.25, 0.3) is 10.2 Å². The van der Waals surface area contributed by atoms with E-state index in [-0.39, 0.29) is 17.2 Å². The molecule has 3 rings (SSSR count). The fourth-order valence-corrected chi connectivity index (χ4v) is 4.55. The third-order valence-corrected chi connectivity index (χ3v) is 6.25. The lowest BCUT2D eigenvalue weighted by Crippen LogP contribution is -2.17. The molecule has 28 heavy (non-hydrogen) atoms. The van der Waals surface area contributed by atoms with Gasteiger partial charge in [-0.25, -0.2) is 13.6 Å². The number of amides is 1. The Morgan fingerprint density at radius 1 is 1.21 bits per heavy atom. The molecule has 0 saturated heterocycles. The molecule has 146 valence electrons. The smallest absolute Gasteiger partial charge is 0.252 e. The number of aromatic nitrogens is 1. The van der Waals surface area contributed by atoms with Gasteiger partial charge in [-0.05, 0) is 35.7 Å². The summed E-state index contributed by atoms with van der Waals surface area (Å²) in [5, 5.41) is 5.21. The van der Waals surface area contributed by atoms with Crippen molar-refractivity contribution in [3.63, 3.8) is 0 Å². The third-order valence-electron chi connectivity index (χ3n) is 4.30. The second-order valence-electron chi connectivity index (χ2n) is 6.31. The average molecular weight is 416 g/mol. The second kappa shape index (κ2) is 8.22. The SMILES string of the molecule is C=CCn1c(=NC(=O)Cc2ccc(CC)cc2)sc2cc(S(N)(=O)=O)ccc21. The second-order valence-corrected chi connectivity index (χ2v) is 8.88. The molecule has 1 aromatic heterocycles. The molecule has 0 atom stereocenters. The summed E-state index contributed by atoms with van der Waals surface area (Å²) in [6.07, 6.45) is 2.85. The molecule has 2 aromatic carbocycles. The van der Waals surface area contributed by atoms with Crippen molar-refractivity contribution in [2.24, 2.45) is 10.1 Å². The standard InChI is InChI=1S/C20H21N3O3S2/c1-3-11-23-17-10-9-16(28(21,25)26)13-18(17)27-20(23)22-19(24)12-15-7-5-14(4-2)6-8-15/h3,5-10,13H,1,4,11-12H2,2H3,(H2,21,25,26). The van der Waals surface area contributed by atoms with Crippen LogP contribution in [0.15, 0.2) is 65.0 Å². The van der Waals surface area contributed by atoms with Gasteiger partial charge >= 0.3 is 0 Å². The Morgan fingerprint density at radius 2 is 1.89 bits per heavy atom. The zero-order valence-electron chi connectivity index (χ0n) is 15.5. The summed E-state index contributed by atoms with van der Waals surface area (Å²) in [7, 11) is -3.80. The van der Waals surface area contributed by atoms with Crippen molar-refractivity contribution in [3.8, 4) is 0 Å². The summed E-state index contributed by atoms with van der Waals surface area (Å²) in [5.74, 6) is -0.264. The lowest BCUT2D eigenvalue weighted by atomic mass is 10.1. The number of allylic oxidation sites excluding steroid dienone is 1. The van der Waals surface area contributed by atoms with E-state index in [1.54, 1.807) is 12.1 Å². The summed E-state index contributed by atoms with van der Waals surface area (Å²) in [6, 6.07) is 12.5. The van der Waals surface area contributed by atoms with Crippen LogP contribution in [0.1, 0.15) is 18.1 Å². The number of fused-ring (bicyclic) bond motifs is 1. The van der Waals surface area contributed by atoms with E-state index >= 15 is 0 Å². The monoisotopic (exact) mass is 415 g/mol. The Bertz CT molecular complexity index is 1200. The summed E-state index contributed by atoms with van der Waals surface area (Å²) in [5.41, 5.74) is 2.89. The number of nitrogens with two attached hydrogens (primary N) is 1. The van der Waals surface area contributed by atoms with E-state index in [0.29, 0.717) is 16.0 Å². The molecule has 2 N–H and O–H groups in total. The minimum Gasteiger partial charge on any atom is -0.313 e. The van der Waals surface area contributed by atoms with Crippen LogP contribution in [-0.4, -0.2) is 18.9 Å². The zero-order chi connectivity index (χ0) is 20.3. The molecule has 8 heteroatoms. The van der Waals surface area contributed by atoms with Crippen molar-refractivity contribution < 1.29 is 13.2 Å². The van der Waals surface area contributed by atoms with Crippen LogP contribution < -0.4 is 9.94 Å². The molecule has 0 fully saturated rings. The van der Waals surface area contributed by atoms with E-state index in [4.69, 9.17) is 5.14 Å². The van der Waals surface area contributed by atoms with Crippen LogP contribution in [-0.2, 0) is 34.2 Å². The summed E-state index contributed by atoms with van der Waals surface area (Å²) in [6.45, 7) is 6.28. The van der Waals surface area contributed by atoms with Gasteiger partial charge in [0.05, 0.1) is 21.5 Å². The maximum absolute atomic E-state index is 12.5. The molecule has 1 amide bonds. The highest BCUT2D eigenvalue weighted by molar-refractivity contribution is 7.89. The molecule has 0 aliphatic rings. The maximum Gasteiger partial charge on any atom is 0.252 e. The predicted octanol–water partition coefficient (Wildman–Crippen LogP) is 2.77. The van der Waals surface area contributed by atoms with Crippen molar-refractivity contribution in [1.29, 1.82) is 0 Å². The molecule has 1 heterocycles. The largest absolute Gasteiger partial charge is 0.313 e. The lowest BCUT2D eigenvalue weighted by Gasteiger charge is -2.02. The quantitative estimate of drug-likeness (QED) is 0.627. The molecule has 0 saturated carbocycles. The number of thiazole rings is 1. The molecular formula is C20H21N3O3S2. The molecular weight excluding hydrogens is 394 g/mol. The van der Waals surface area contributed by atoms with Gasteiger partial charge in [0.15, 0.2) is 4.80 Å². The maximum atomic E-state index is 12.5. The van der Waals surface area contributed by atoms with Crippen molar-refractivity contribution in [2.75, 3.05) is 0 Å². The van der Waals surface area contributed by atoms with Crippen LogP contribution >= 0.6 is 11.3 Å². The molecule has 6 nitrogen and oxygen atoms in total. The summed E-state index contributed by atoms with van der Waals surface area (Å²) in [4.78, 5) is 17.3. The van der Waals surface area contributed by atoms with Crippen LogP contribution in [0.4, 0.5) is 0 Å². The number of carbonyl (C=O) groups excluding carboxylic acids is 1. The zero-order valence-corrected chi connectivity index (χ0v) is 17.1. The number of primary sulfonamides is 1. The Balaban J connectivity index is 2.00. The number of aryl methyl sites for hydroxylation is 1.